The molecule has 1 aromatic carbocycles. The molecular formula is C21H22N4O2. The van der Waals surface area contributed by atoms with E-state index in [4.69, 9.17) is 0 Å². The van der Waals surface area contributed by atoms with Crippen molar-refractivity contribution in [2.24, 2.45) is 0 Å². The van der Waals surface area contributed by atoms with Crippen LogP contribution in [0.15, 0.2) is 48.2 Å². The minimum atomic E-state index is -0.252. The zero-order valence-corrected chi connectivity index (χ0v) is 15.6. The molecular weight excluding hydrogens is 340 g/mol. The first-order valence-electron chi connectivity index (χ1n) is 9.09. The molecule has 0 radical (unpaired) electrons. The van der Waals surface area contributed by atoms with Crippen molar-refractivity contribution in [3.05, 3.63) is 59.3 Å². The summed E-state index contributed by atoms with van der Waals surface area (Å²) >= 11 is 0. The van der Waals surface area contributed by atoms with Crippen LogP contribution in [0.1, 0.15) is 41.0 Å². The van der Waals surface area contributed by atoms with E-state index < -0.39 is 0 Å². The second-order valence-corrected chi connectivity index (χ2v) is 7.19. The maximum absolute atomic E-state index is 13.3. The van der Waals surface area contributed by atoms with Crippen molar-refractivity contribution in [3.8, 4) is 0 Å². The second-order valence-electron chi connectivity index (χ2n) is 7.19. The number of aromatic nitrogens is 1. The van der Waals surface area contributed by atoms with E-state index in [1.807, 2.05) is 24.3 Å². The van der Waals surface area contributed by atoms with Gasteiger partial charge < -0.3 is 10.6 Å². The largest absolute Gasteiger partial charge is 0.338 e. The molecule has 1 aromatic heterocycles. The minimum Gasteiger partial charge on any atom is -0.338 e. The standard InChI is InChI=1S/C21H22N4O2/c1-12-10-14(11-13(2)25(12)3)19(26)16-8-9-22-20-18(16)24-21(27)15-6-4-5-7-17(15)23-20/h4-10,12-13H,11H2,1-3H3,(H,22,23)(H,24,27). The van der Waals surface area contributed by atoms with Crippen LogP contribution in [0.4, 0.5) is 17.2 Å². The molecule has 2 N–H and O–H groups in total. The van der Waals surface area contributed by atoms with Gasteiger partial charge in [0, 0.05) is 18.3 Å². The Bertz CT molecular complexity index is 966. The summed E-state index contributed by atoms with van der Waals surface area (Å²) in [6, 6.07) is 9.36. The maximum Gasteiger partial charge on any atom is 0.257 e. The molecule has 4 rings (SSSR count). The molecule has 27 heavy (non-hydrogen) atoms. The molecule has 1 amide bonds. The number of benzene rings is 1. The molecule has 2 atom stereocenters. The molecule has 0 saturated carbocycles. The fourth-order valence-corrected chi connectivity index (χ4v) is 3.65. The lowest BCUT2D eigenvalue weighted by Gasteiger charge is -2.34. The summed E-state index contributed by atoms with van der Waals surface area (Å²) in [6.07, 6.45) is 4.29. The summed E-state index contributed by atoms with van der Waals surface area (Å²) in [4.78, 5) is 32.5. The Morgan fingerprint density at radius 2 is 1.96 bits per heavy atom. The number of ketones is 1. The maximum atomic E-state index is 13.3. The van der Waals surface area contributed by atoms with Crippen LogP contribution in [-0.4, -0.2) is 40.7 Å². The van der Waals surface area contributed by atoms with Crippen LogP contribution in [0.3, 0.4) is 0 Å². The third-order valence-corrected chi connectivity index (χ3v) is 5.45. The van der Waals surface area contributed by atoms with E-state index in [-0.39, 0.29) is 23.8 Å². The van der Waals surface area contributed by atoms with Gasteiger partial charge in [0.15, 0.2) is 11.6 Å². The highest BCUT2D eigenvalue weighted by Gasteiger charge is 2.29. The number of nitrogens with one attached hydrogen (secondary N) is 2. The van der Waals surface area contributed by atoms with Crippen LogP contribution in [0.2, 0.25) is 0 Å². The van der Waals surface area contributed by atoms with Crippen LogP contribution >= 0.6 is 0 Å². The monoisotopic (exact) mass is 362 g/mol. The summed E-state index contributed by atoms with van der Waals surface area (Å²) in [7, 11) is 2.06. The number of carbonyl (C=O) groups excluding carboxylic acids is 2. The number of nitrogens with zero attached hydrogens (tertiary/aromatic N) is 2. The number of hydrogen-bond donors (Lipinski definition) is 2. The van der Waals surface area contributed by atoms with Crippen molar-refractivity contribution >= 4 is 28.9 Å². The van der Waals surface area contributed by atoms with E-state index in [1.165, 1.54) is 0 Å². The van der Waals surface area contributed by atoms with E-state index in [9.17, 15) is 9.59 Å². The average Bonchev–Trinajstić information content (AvgIpc) is 2.81. The molecule has 0 aliphatic carbocycles. The van der Waals surface area contributed by atoms with Gasteiger partial charge in [-0.3, -0.25) is 14.5 Å². The number of Topliss-reactive ketones (excluding diaryl/α,β-unsaturated/α-hetero) is 1. The van der Waals surface area contributed by atoms with E-state index in [0.717, 1.165) is 5.57 Å². The Labute approximate surface area is 158 Å². The first-order chi connectivity index (χ1) is 13.0. The quantitative estimate of drug-likeness (QED) is 0.799. The normalized spacial score (nSPS) is 21.9. The summed E-state index contributed by atoms with van der Waals surface area (Å²) in [5.41, 5.74) is 2.87. The number of fused-ring (bicyclic) bond motifs is 2. The summed E-state index contributed by atoms with van der Waals surface area (Å²) in [5.74, 6) is 0.167. The predicted octanol–water partition coefficient (Wildman–Crippen LogP) is 3.61. The number of hydrogen-bond acceptors (Lipinski definition) is 5. The minimum absolute atomic E-state index is 0.0616. The number of amides is 1. The van der Waals surface area contributed by atoms with Gasteiger partial charge in [0.25, 0.3) is 5.91 Å². The zero-order chi connectivity index (χ0) is 19.1. The van der Waals surface area contributed by atoms with Crippen molar-refractivity contribution < 1.29 is 9.59 Å². The Kier molecular flexibility index (Phi) is 4.28. The number of anilines is 3. The number of rotatable bonds is 2. The van der Waals surface area contributed by atoms with E-state index in [1.54, 1.807) is 18.3 Å². The van der Waals surface area contributed by atoms with Crippen molar-refractivity contribution in [1.82, 2.24) is 9.88 Å². The van der Waals surface area contributed by atoms with Gasteiger partial charge in [-0.05, 0) is 51.1 Å². The highest BCUT2D eigenvalue weighted by molar-refractivity contribution is 6.19. The molecule has 0 bridgehead atoms. The van der Waals surface area contributed by atoms with Gasteiger partial charge in [0.1, 0.15) is 0 Å². The van der Waals surface area contributed by atoms with Crippen LogP contribution in [-0.2, 0) is 0 Å². The van der Waals surface area contributed by atoms with Gasteiger partial charge in [-0.2, -0.15) is 0 Å². The molecule has 3 heterocycles. The van der Waals surface area contributed by atoms with Gasteiger partial charge >= 0.3 is 0 Å². The predicted molar refractivity (Wildman–Crippen MR) is 106 cm³/mol. The number of pyridine rings is 1. The number of para-hydroxylation sites is 1. The third kappa shape index (κ3) is 3.02. The molecule has 2 aromatic rings. The zero-order valence-electron chi connectivity index (χ0n) is 15.6. The van der Waals surface area contributed by atoms with E-state index in [0.29, 0.717) is 34.7 Å². The molecule has 0 fully saturated rings. The molecule has 138 valence electrons. The van der Waals surface area contributed by atoms with Gasteiger partial charge in [0.2, 0.25) is 0 Å². The lowest BCUT2D eigenvalue weighted by Crippen LogP contribution is -2.40. The van der Waals surface area contributed by atoms with E-state index >= 15 is 0 Å². The lowest BCUT2D eigenvalue weighted by molar-refractivity contribution is 0.101. The second kappa shape index (κ2) is 6.63. The molecule has 2 unspecified atom stereocenters. The Hall–Kier alpha value is -2.99. The van der Waals surface area contributed by atoms with Crippen LogP contribution in [0.5, 0.6) is 0 Å². The van der Waals surface area contributed by atoms with Gasteiger partial charge in [-0.25, -0.2) is 4.98 Å². The molecule has 2 aliphatic rings. The van der Waals surface area contributed by atoms with Gasteiger partial charge in [-0.15, -0.1) is 0 Å². The van der Waals surface area contributed by atoms with Gasteiger partial charge in [-0.1, -0.05) is 18.2 Å². The Morgan fingerprint density at radius 3 is 2.74 bits per heavy atom. The average molecular weight is 362 g/mol. The SMILES string of the molecule is CC1C=C(C(=O)c2ccnc3c2NC(=O)c2ccccc2N3)CC(C)N1C. The smallest absolute Gasteiger partial charge is 0.257 e. The Morgan fingerprint density at radius 1 is 1.19 bits per heavy atom. The number of likely N-dealkylation sites (N-methyl/N-ethyl adjacent to an activating group) is 1. The Balaban J connectivity index is 1.75. The molecule has 6 heteroatoms. The fraction of sp³-hybridized carbons (Fsp3) is 0.286. The van der Waals surface area contributed by atoms with Crippen molar-refractivity contribution in [2.45, 2.75) is 32.4 Å². The first kappa shape index (κ1) is 17.4. The van der Waals surface area contributed by atoms with E-state index in [2.05, 4.69) is 41.4 Å². The van der Waals surface area contributed by atoms with Crippen LogP contribution in [0.25, 0.3) is 0 Å². The number of carbonyl (C=O) groups is 2. The topological polar surface area (TPSA) is 74.3 Å². The van der Waals surface area contributed by atoms with Crippen molar-refractivity contribution in [1.29, 1.82) is 0 Å². The molecule has 0 spiro atoms. The molecule has 0 saturated heterocycles. The van der Waals surface area contributed by atoms with Crippen LogP contribution in [0, 0.1) is 0 Å². The fourth-order valence-electron chi connectivity index (χ4n) is 3.65. The van der Waals surface area contributed by atoms with Crippen LogP contribution < -0.4 is 10.6 Å². The highest BCUT2D eigenvalue weighted by atomic mass is 16.2. The third-order valence-electron chi connectivity index (χ3n) is 5.45. The highest BCUT2D eigenvalue weighted by Crippen LogP contribution is 2.34. The lowest BCUT2D eigenvalue weighted by atomic mass is 9.91. The van der Waals surface area contributed by atoms with Gasteiger partial charge in [0.05, 0.1) is 22.5 Å². The first-order valence-corrected chi connectivity index (χ1v) is 9.09. The summed E-state index contributed by atoms with van der Waals surface area (Å²) < 4.78 is 0. The molecule has 2 aliphatic heterocycles. The molecule has 6 nitrogen and oxygen atoms in total. The summed E-state index contributed by atoms with van der Waals surface area (Å²) in [5, 5.41) is 6.06. The van der Waals surface area contributed by atoms with Crippen molar-refractivity contribution in [2.75, 3.05) is 17.7 Å². The summed E-state index contributed by atoms with van der Waals surface area (Å²) in [6.45, 7) is 4.19. The van der Waals surface area contributed by atoms with Crippen molar-refractivity contribution in [3.63, 3.8) is 0 Å².